The summed E-state index contributed by atoms with van der Waals surface area (Å²) in [5.41, 5.74) is 1.60. The lowest BCUT2D eigenvalue weighted by molar-refractivity contribution is 0.0835. The fourth-order valence-electron chi connectivity index (χ4n) is 2.89. The van der Waals surface area contributed by atoms with Gasteiger partial charge in [0.1, 0.15) is 11.8 Å². The molecule has 0 spiro atoms. The molecule has 1 atom stereocenters. The van der Waals surface area contributed by atoms with Crippen molar-refractivity contribution in [3.05, 3.63) is 53.9 Å². The molecule has 1 amide bonds. The van der Waals surface area contributed by atoms with Crippen molar-refractivity contribution in [2.75, 3.05) is 13.2 Å². The van der Waals surface area contributed by atoms with Crippen LogP contribution < -0.4 is 5.32 Å². The van der Waals surface area contributed by atoms with Crippen LogP contribution in [0.2, 0.25) is 0 Å². The molecule has 1 fully saturated rings. The van der Waals surface area contributed by atoms with Crippen molar-refractivity contribution in [2.24, 2.45) is 0 Å². The number of aromatic nitrogens is 3. The summed E-state index contributed by atoms with van der Waals surface area (Å²) < 4.78 is 12.6. The summed E-state index contributed by atoms with van der Waals surface area (Å²) in [7, 11) is 0. The summed E-state index contributed by atoms with van der Waals surface area (Å²) in [5.74, 6) is 0.997. The molecule has 1 aliphatic rings. The first kappa shape index (κ1) is 14.9. The highest BCUT2D eigenvalue weighted by Crippen LogP contribution is 2.26. The molecule has 7 heteroatoms. The van der Waals surface area contributed by atoms with E-state index in [1.165, 1.54) is 0 Å². The molecule has 0 aromatic carbocycles. The molecule has 1 N–H and O–H groups in total. The Morgan fingerprint density at radius 2 is 2.29 bits per heavy atom. The molecule has 3 aromatic rings. The van der Waals surface area contributed by atoms with E-state index in [1.807, 2.05) is 40.9 Å². The Balaban J connectivity index is 1.34. The van der Waals surface area contributed by atoms with E-state index in [-0.39, 0.29) is 12.0 Å². The third-order valence-electron chi connectivity index (χ3n) is 4.12. The highest BCUT2D eigenvalue weighted by molar-refractivity contribution is 5.94. The summed E-state index contributed by atoms with van der Waals surface area (Å²) >= 11 is 0. The minimum atomic E-state index is -0.121. The number of carbonyl (C=O) groups is 1. The van der Waals surface area contributed by atoms with Gasteiger partial charge in [0.05, 0.1) is 0 Å². The van der Waals surface area contributed by atoms with E-state index < -0.39 is 0 Å². The largest absolute Gasteiger partial charge is 0.368 e. The predicted molar refractivity (Wildman–Crippen MR) is 85.7 cm³/mol. The SMILES string of the molecule is O=C(NCCc1noc(C2CCCO2)n1)c1ccc2ccccn12. The molecular formula is C17H18N4O3. The molecule has 3 aromatic heterocycles. The molecule has 4 rings (SSSR count). The fraction of sp³-hybridized carbons (Fsp3) is 0.353. The third-order valence-corrected chi connectivity index (χ3v) is 4.12. The molecule has 0 aliphatic carbocycles. The zero-order chi connectivity index (χ0) is 16.4. The van der Waals surface area contributed by atoms with E-state index in [9.17, 15) is 4.79 Å². The third kappa shape index (κ3) is 2.90. The summed E-state index contributed by atoms with van der Waals surface area (Å²) in [4.78, 5) is 16.7. The zero-order valence-corrected chi connectivity index (χ0v) is 13.1. The van der Waals surface area contributed by atoms with Crippen molar-refractivity contribution >= 4 is 11.4 Å². The minimum absolute atomic E-state index is 0.0760. The summed E-state index contributed by atoms with van der Waals surface area (Å²) in [6.45, 7) is 1.19. The van der Waals surface area contributed by atoms with Gasteiger partial charge in [-0.2, -0.15) is 4.98 Å². The lowest BCUT2D eigenvalue weighted by atomic mass is 10.2. The van der Waals surface area contributed by atoms with Gasteiger partial charge in [-0.1, -0.05) is 11.2 Å². The van der Waals surface area contributed by atoms with Crippen molar-refractivity contribution in [1.82, 2.24) is 19.9 Å². The molecule has 0 saturated carbocycles. The second kappa shape index (κ2) is 6.45. The molecule has 1 aliphatic heterocycles. The maximum absolute atomic E-state index is 12.3. The maximum atomic E-state index is 12.3. The van der Waals surface area contributed by atoms with Gasteiger partial charge in [0.15, 0.2) is 5.82 Å². The van der Waals surface area contributed by atoms with Gasteiger partial charge in [0.25, 0.3) is 11.8 Å². The quantitative estimate of drug-likeness (QED) is 0.777. The maximum Gasteiger partial charge on any atom is 0.268 e. The predicted octanol–water partition coefficient (Wildman–Crippen LogP) is 2.15. The van der Waals surface area contributed by atoms with Crippen molar-refractivity contribution < 1.29 is 14.1 Å². The minimum Gasteiger partial charge on any atom is -0.368 e. The van der Waals surface area contributed by atoms with E-state index in [0.717, 1.165) is 25.0 Å². The Hall–Kier alpha value is -2.67. The second-order valence-electron chi connectivity index (χ2n) is 5.77. The van der Waals surface area contributed by atoms with Crippen molar-refractivity contribution in [3.63, 3.8) is 0 Å². The Labute approximate surface area is 138 Å². The summed E-state index contributed by atoms with van der Waals surface area (Å²) in [5, 5.41) is 6.84. The van der Waals surface area contributed by atoms with Gasteiger partial charge in [-0.3, -0.25) is 4.79 Å². The zero-order valence-electron chi connectivity index (χ0n) is 13.1. The van der Waals surface area contributed by atoms with Gasteiger partial charge in [-0.05, 0) is 37.1 Å². The van der Waals surface area contributed by atoms with Crippen LogP contribution in [0.1, 0.15) is 41.1 Å². The number of hydrogen-bond acceptors (Lipinski definition) is 5. The number of nitrogens with one attached hydrogen (secondary N) is 1. The first-order chi connectivity index (χ1) is 11.8. The average Bonchev–Trinajstić information content (AvgIpc) is 3.34. The van der Waals surface area contributed by atoms with Crippen LogP contribution in [0, 0.1) is 0 Å². The molecule has 24 heavy (non-hydrogen) atoms. The highest BCUT2D eigenvalue weighted by atomic mass is 16.5. The van der Waals surface area contributed by atoms with Crippen LogP contribution in [0.15, 0.2) is 41.1 Å². The van der Waals surface area contributed by atoms with Gasteiger partial charge in [0, 0.05) is 31.3 Å². The highest BCUT2D eigenvalue weighted by Gasteiger charge is 2.23. The number of ether oxygens (including phenoxy) is 1. The van der Waals surface area contributed by atoms with Crippen LogP contribution in [0.25, 0.3) is 5.52 Å². The lowest BCUT2D eigenvalue weighted by Crippen LogP contribution is -2.27. The Kier molecular flexibility index (Phi) is 4.00. The van der Waals surface area contributed by atoms with Crippen molar-refractivity contribution in [2.45, 2.75) is 25.4 Å². The van der Waals surface area contributed by atoms with Gasteiger partial charge >= 0.3 is 0 Å². The molecule has 1 saturated heterocycles. The normalized spacial score (nSPS) is 17.4. The van der Waals surface area contributed by atoms with Crippen LogP contribution in [0.5, 0.6) is 0 Å². The van der Waals surface area contributed by atoms with Crippen LogP contribution in [-0.2, 0) is 11.2 Å². The number of hydrogen-bond donors (Lipinski definition) is 1. The number of pyridine rings is 1. The number of fused-ring (bicyclic) bond motifs is 1. The van der Waals surface area contributed by atoms with Crippen LogP contribution in [0.4, 0.5) is 0 Å². The van der Waals surface area contributed by atoms with E-state index in [4.69, 9.17) is 9.26 Å². The Morgan fingerprint density at radius 1 is 1.33 bits per heavy atom. The van der Waals surface area contributed by atoms with Crippen molar-refractivity contribution in [3.8, 4) is 0 Å². The van der Waals surface area contributed by atoms with Crippen molar-refractivity contribution in [1.29, 1.82) is 0 Å². The first-order valence-electron chi connectivity index (χ1n) is 8.09. The van der Waals surface area contributed by atoms with Gasteiger partial charge in [-0.15, -0.1) is 0 Å². The summed E-state index contributed by atoms with van der Waals surface area (Å²) in [6.07, 6.45) is 4.25. The summed E-state index contributed by atoms with van der Waals surface area (Å²) in [6, 6.07) is 9.54. The first-order valence-corrected chi connectivity index (χ1v) is 8.09. The number of amides is 1. The number of rotatable bonds is 5. The molecule has 1 unspecified atom stereocenters. The monoisotopic (exact) mass is 326 g/mol. The standard InChI is InChI=1S/C17H18N4O3/c22-16(13-7-6-12-4-1-2-10-21(12)13)18-9-8-15-19-17(24-20-15)14-5-3-11-23-14/h1-2,4,6-7,10,14H,3,5,8-9,11H2,(H,18,22). The molecule has 0 radical (unpaired) electrons. The van der Waals surface area contributed by atoms with E-state index in [2.05, 4.69) is 15.5 Å². The van der Waals surface area contributed by atoms with Crippen LogP contribution in [-0.4, -0.2) is 33.6 Å². The molecule has 0 bridgehead atoms. The fourth-order valence-corrected chi connectivity index (χ4v) is 2.89. The molecule has 124 valence electrons. The van der Waals surface area contributed by atoms with Gasteiger partial charge in [-0.25, -0.2) is 0 Å². The van der Waals surface area contributed by atoms with Gasteiger partial charge in [0.2, 0.25) is 0 Å². The lowest BCUT2D eigenvalue weighted by Gasteiger charge is -2.04. The topological polar surface area (TPSA) is 81.7 Å². The molecule has 4 heterocycles. The Bertz CT molecular complexity index is 848. The molecule has 7 nitrogen and oxygen atoms in total. The van der Waals surface area contributed by atoms with E-state index in [1.54, 1.807) is 0 Å². The van der Waals surface area contributed by atoms with E-state index in [0.29, 0.717) is 30.4 Å². The number of carbonyl (C=O) groups excluding carboxylic acids is 1. The average molecular weight is 326 g/mol. The number of nitrogens with zero attached hydrogens (tertiary/aromatic N) is 3. The van der Waals surface area contributed by atoms with Gasteiger partial charge < -0.3 is 19.0 Å². The van der Waals surface area contributed by atoms with Crippen LogP contribution in [0.3, 0.4) is 0 Å². The Morgan fingerprint density at radius 3 is 3.17 bits per heavy atom. The smallest absolute Gasteiger partial charge is 0.268 e. The molecular weight excluding hydrogens is 308 g/mol. The van der Waals surface area contributed by atoms with E-state index >= 15 is 0 Å². The second-order valence-corrected chi connectivity index (χ2v) is 5.77. The van der Waals surface area contributed by atoms with Crippen LogP contribution >= 0.6 is 0 Å².